The van der Waals surface area contributed by atoms with Gasteiger partial charge in [-0.25, -0.2) is 8.42 Å². The van der Waals surface area contributed by atoms with Gasteiger partial charge in [-0.15, -0.1) is 0 Å². The van der Waals surface area contributed by atoms with Gasteiger partial charge in [-0.1, -0.05) is 0 Å². The quantitative estimate of drug-likeness (QED) is 0.671. The van der Waals surface area contributed by atoms with E-state index in [1.54, 1.807) is 0 Å². The maximum Gasteiger partial charge on any atom is 0.221 e. The molecule has 1 aliphatic heterocycles. The average Bonchev–Trinajstić information content (AvgIpc) is 3.00. The number of ether oxygens (including phenoxy) is 1. The van der Waals surface area contributed by atoms with Crippen LogP contribution >= 0.6 is 0 Å². The zero-order valence-electron chi connectivity index (χ0n) is 8.11. The van der Waals surface area contributed by atoms with E-state index in [1.807, 2.05) is 0 Å². The number of morpholine rings is 1. The molecule has 1 aliphatic carbocycles. The van der Waals surface area contributed by atoms with Crippen LogP contribution in [0.3, 0.4) is 0 Å². The molecule has 2 rings (SSSR count). The topological polar surface area (TPSA) is 72.6 Å². The first kappa shape index (κ1) is 10.4. The van der Waals surface area contributed by atoms with E-state index in [0.29, 0.717) is 39.1 Å². The predicted molar refractivity (Wildman–Crippen MR) is 52.3 cm³/mol. The van der Waals surface area contributed by atoms with E-state index >= 15 is 0 Å². The molecule has 1 saturated carbocycles. The van der Waals surface area contributed by atoms with Crippen molar-refractivity contribution in [3.63, 3.8) is 0 Å². The molecule has 0 atom stereocenters. The predicted octanol–water partition coefficient (Wildman–Crippen LogP) is -0.860. The zero-order chi connectivity index (χ0) is 10.2. The van der Waals surface area contributed by atoms with Gasteiger partial charge in [-0.3, -0.25) is 0 Å². The Morgan fingerprint density at radius 2 is 1.86 bits per heavy atom. The van der Waals surface area contributed by atoms with Crippen LogP contribution in [0.2, 0.25) is 0 Å². The minimum Gasteiger partial charge on any atom is -0.379 e. The third-order valence-electron chi connectivity index (χ3n) is 3.04. The molecular formula is C8H16N2O3S. The number of nitrogens with two attached hydrogens (primary N) is 1. The molecule has 2 aliphatic rings. The number of sulfonamides is 1. The Labute approximate surface area is 84.3 Å². The van der Waals surface area contributed by atoms with Gasteiger partial charge < -0.3 is 10.5 Å². The monoisotopic (exact) mass is 220 g/mol. The van der Waals surface area contributed by atoms with Crippen LogP contribution < -0.4 is 5.73 Å². The first-order chi connectivity index (χ1) is 6.62. The van der Waals surface area contributed by atoms with E-state index < -0.39 is 14.8 Å². The van der Waals surface area contributed by atoms with Gasteiger partial charge in [0.1, 0.15) is 0 Å². The molecule has 0 spiro atoms. The van der Waals surface area contributed by atoms with Crippen LogP contribution in [0, 0.1) is 0 Å². The first-order valence-corrected chi connectivity index (χ1v) is 6.34. The lowest BCUT2D eigenvalue weighted by Crippen LogP contribution is -2.48. The summed E-state index contributed by atoms with van der Waals surface area (Å²) in [5.41, 5.74) is 5.52. The van der Waals surface area contributed by atoms with Gasteiger partial charge in [0.05, 0.1) is 18.0 Å². The van der Waals surface area contributed by atoms with Crippen LogP contribution in [0.5, 0.6) is 0 Å². The maximum absolute atomic E-state index is 12.1. The van der Waals surface area contributed by atoms with E-state index in [1.165, 1.54) is 4.31 Å². The second-order valence-electron chi connectivity index (χ2n) is 3.90. The molecule has 0 aromatic rings. The van der Waals surface area contributed by atoms with Crippen LogP contribution in [-0.2, 0) is 14.8 Å². The highest BCUT2D eigenvalue weighted by molar-refractivity contribution is 7.90. The zero-order valence-corrected chi connectivity index (χ0v) is 8.92. The van der Waals surface area contributed by atoms with Crippen molar-refractivity contribution >= 4 is 10.0 Å². The number of rotatable bonds is 3. The lowest BCUT2D eigenvalue weighted by Gasteiger charge is -2.29. The van der Waals surface area contributed by atoms with Crippen LogP contribution in [0.15, 0.2) is 0 Å². The SMILES string of the molecule is NCC1(S(=O)(=O)N2CCOCC2)CC1. The average molecular weight is 220 g/mol. The van der Waals surface area contributed by atoms with Crippen LogP contribution in [0.1, 0.15) is 12.8 Å². The Bertz CT molecular complexity index is 305. The molecule has 0 radical (unpaired) electrons. The smallest absolute Gasteiger partial charge is 0.221 e. The van der Waals surface area contributed by atoms with Crippen molar-refractivity contribution in [2.75, 3.05) is 32.8 Å². The molecular weight excluding hydrogens is 204 g/mol. The Hall–Kier alpha value is -0.170. The van der Waals surface area contributed by atoms with E-state index in [4.69, 9.17) is 10.5 Å². The Balaban J connectivity index is 2.15. The lowest BCUT2D eigenvalue weighted by molar-refractivity contribution is 0.0725. The van der Waals surface area contributed by atoms with Crippen molar-refractivity contribution in [2.24, 2.45) is 5.73 Å². The van der Waals surface area contributed by atoms with Crippen molar-refractivity contribution in [2.45, 2.75) is 17.6 Å². The Morgan fingerprint density at radius 1 is 1.29 bits per heavy atom. The standard InChI is InChI=1S/C8H16N2O3S/c9-7-8(1-2-8)14(11,12)10-3-5-13-6-4-10/h1-7,9H2. The minimum absolute atomic E-state index is 0.243. The van der Waals surface area contributed by atoms with Gasteiger partial charge >= 0.3 is 0 Å². The van der Waals surface area contributed by atoms with Gasteiger partial charge in [0, 0.05) is 19.6 Å². The van der Waals surface area contributed by atoms with E-state index in [9.17, 15) is 8.42 Å². The molecule has 1 heterocycles. The number of nitrogens with zero attached hydrogens (tertiary/aromatic N) is 1. The molecule has 0 amide bonds. The summed E-state index contributed by atoms with van der Waals surface area (Å²) >= 11 is 0. The first-order valence-electron chi connectivity index (χ1n) is 4.90. The molecule has 5 nitrogen and oxygen atoms in total. The molecule has 1 saturated heterocycles. The summed E-state index contributed by atoms with van der Waals surface area (Å²) in [5, 5.41) is 0. The summed E-state index contributed by atoms with van der Waals surface area (Å²) in [6.45, 7) is 2.20. The molecule has 0 aromatic heterocycles. The van der Waals surface area contributed by atoms with Gasteiger partial charge in [-0.05, 0) is 12.8 Å². The molecule has 14 heavy (non-hydrogen) atoms. The highest BCUT2D eigenvalue weighted by atomic mass is 32.2. The molecule has 82 valence electrons. The number of hydrogen-bond acceptors (Lipinski definition) is 4. The third-order valence-corrected chi connectivity index (χ3v) is 5.75. The van der Waals surface area contributed by atoms with Gasteiger partial charge in [0.15, 0.2) is 0 Å². The van der Waals surface area contributed by atoms with Crippen molar-refractivity contribution in [1.82, 2.24) is 4.31 Å². The normalized spacial score (nSPS) is 27.5. The molecule has 2 fully saturated rings. The molecule has 0 aromatic carbocycles. The Morgan fingerprint density at radius 3 is 2.29 bits per heavy atom. The van der Waals surface area contributed by atoms with E-state index in [-0.39, 0.29) is 6.54 Å². The van der Waals surface area contributed by atoms with Crippen molar-refractivity contribution < 1.29 is 13.2 Å². The van der Waals surface area contributed by atoms with Gasteiger partial charge in [0.25, 0.3) is 0 Å². The fraction of sp³-hybridized carbons (Fsp3) is 1.00. The molecule has 6 heteroatoms. The summed E-state index contributed by atoms with van der Waals surface area (Å²) in [6, 6.07) is 0. The number of hydrogen-bond donors (Lipinski definition) is 1. The fourth-order valence-electron chi connectivity index (χ4n) is 1.77. The second-order valence-corrected chi connectivity index (χ2v) is 6.24. The molecule has 2 N–H and O–H groups in total. The van der Waals surface area contributed by atoms with Crippen LogP contribution in [-0.4, -0.2) is 50.3 Å². The minimum atomic E-state index is -3.17. The van der Waals surface area contributed by atoms with Gasteiger partial charge in [-0.2, -0.15) is 4.31 Å². The van der Waals surface area contributed by atoms with Crippen LogP contribution in [0.4, 0.5) is 0 Å². The summed E-state index contributed by atoms with van der Waals surface area (Å²) in [7, 11) is -3.17. The highest BCUT2D eigenvalue weighted by Gasteiger charge is 2.55. The fourth-order valence-corrected chi connectivity index (χ4v) is 3.77. The third kappa shape index (κ3) is 1.46. The van der Waals surface area contributed by atoms with Crippen molar-refractivity contribution in [1.29, 1.82) is 0 Å². The van der Waals surface area contributed by atoms with E-state index in [2.05, 4.69) is 0 Å². The summed E-state index contributed by atoms with van der Waals surface area (Å²) in [5.74, 6) is 0. The molecule has 0 unspecified atom stereocenters. The van der Waals surface area contributed by atoms with Crippen molar-refractivity contribution in [3.05, 3.63) is 0 Å². The largest absolute Gasteiger partial charge is 0.379 e. The lowest BCUT2D eigenvalue weighted by atomic mass is 10.4. The Kier molecular flexibility index (Phi) is 2.55. The molecule has 0 bridgehead atoms. The maximum atomic E-state index is 12.1. The second kappa shape index (κ2) is 3.44. The summed E-state index contributed by atoms with van der Waals surface area (Å²) in [4.78, 5) is 0. The van der Waals surface area contributed by atoms with E-state index in [0.717, 1.165) is 0 Å². The summed E-state index contributed by atoms with van der Waals surface area (Å²) < 4.78 is 30.2. The highest BCUT2D eigenvalue weighted by Crippen LogP contribution is 2.44. The van der Waals surface area contributed by atoms with Crippen molar-refractivity contribution in [3.8, 4) is 0 Å². The summed E-state index contributed by atoms with van der Waals surface area (Å²) in [6.07, 6.45) is 1.42. The van der Waals surface area contributed by atoms with Crippen LogP contribution in [0.25, 0.3) is 0 Å². The van der Waals surface area contributed by atoms with Gasteiger partial charge in [0.2, 0.25) is 10.0 Å².